The van der Waals surface area contributed by atoms with E-state index in [1.807, 2.05) is 6.07 Å². The van der Waals surface area contributed by atoms with Crippen LogP contribution in [0.4, 0.5) is 5.69 Å². The molecule has 7 nitrogen and oxygen atoms in total. The zero-order chi connectivity index (χ0) is 20.8. The van der Waals surface area contributed by atoms with Gasteiger partial charge in [0.1, 0.15) is 0 Å². The Hall–Kier alpha value is -2.55. The van der Waals surface area contributed by atoms with Crippen LogP contribution in [0.1, 0.15) is 16.2 Å². The summed E-state index contributed by atoms with van der Waals surface area (Å²) in [4.78, 5) is 24.3. The Morgan fingerprint density at radius 1 is 1.07 bits per heavy atom. The maximum absolute atomic E-state index is 12.2. The number of halogens is 2. The number of nitrogens with zero attached hydrogens (tertiary/aromatic N) is 3. The monoisotopic (exact) mass is 449 g/mol. The van der Waals surface area contributed by atoms with Crippen LogP contribution in [0.3, 0.4) is 0 Å². The van der Waals surface area contributed by atoms with Crippen molar-refractivity contribution in [3.63, 3.8) is 0 Å². The number of benzene rings is 2. The number of hydrogen-bond donors (Lipinski definition) is 2. The summed E-state index contributed by atoms with van der Waals surface area (Å²) < 4.78 is 1.73. The topological polar surface area (TPSA) is 88.9 Å². The first-order valence-electron chi connectivity index (χ1n) is 8.54. The van der Waals surface area contributed by atoms with Crippen LogP contribution in [0.25, 0.3) is 0 Å². The van der Waals surface area contributed by atoms with Gasteiger partial charge >= 0.3 is 0 Å². The van der Waals surface area contributed by atoms with Crippen LogP contribution in [0.5, 0.6) is 0 Å². The standard InChI is InChI=1S/C19H17Cl2N5O2S/c1-26-15(10-22-18(28)12-6-3-2-4-7-12)24-25-19(26)29-11-16(27)23-14-9-5-8-13(20)17(14)21/h2-9H,10-11H2,1H3,(H,22,28)(H,23,27). The molecule has 0 atom stereocenters. The average molecular weight is 450 g/mol. The van der Waals surface area contributed by atoms with Gasteiger partial charge in [0.05, 0.1) is 28.0 Å². The molecule has 0 bridgehead atoms. The molecule has 1 aromatic heterocycles. The Morgan fingerprint density at radius 2 is 1.83 bits per heavy atom. The van der Waals surface area contributed by atoms with E-state index in [0.29, 0.717) is 32.3 Å². The van der Waals surface area contributed by atoms with Crippen LogP contribution in [0.15, 0.2) is 53.7 Å². The molecule has 0 aliphatic rings. The van der Waals surface area contributed by atoms with Gasteiger partial charge in [0.25, 0.3) is 5.91 Å². The van der Waals surface area contributed by atoms with Crippen molar-refractivity contribution in [3.05, 3.63) is 70.0 Å². The summed E-state index contributed by atoms with van der Waals surface area (Å²) in [5.74, 6) is 0.252. The zero-order valence-corrected chi connectivity index (χ0v) is 17.7. The van der Waals surface area contributed by atoms with Gasteiger partial charge in [-0.15, -0.1) is 10.2 Å². The van der Waals surface area contributed by atoms with E-state index >= 15 is 0 Å². The fourth-order valence-electron chi connectivity index (χ4n) is 2.39. The molecule has 29 heavy (non-hydrogen) atoms. The van der Waals surface area contributed by atoms with E-state index in [1.54, 1.807) is 54.1 Å². The average Bonchev–Trinajstić information content (AvgIpc) is 3.08. The van der Waals surface area contributed by atoms with E-state index in [1.165, 1.54) is 11.8 Å². The van der Waals surface area contributed by atoms with E-state index < -0.39 is 0 Å². The van der Waals surface area contributed by atoms with Crippen molar-refractivity contribution in [3.8, 4) is 0 Å². The molecule has 2 amide bonds. The molecule has 2 aromatic carbocycles. The molecule has 3 rings (SSSR count). The quantitative estimate of drug-likeness (QED) is 0.535. The Morgan fingerprint density at radius 3 is 2.59 bits per heavy atom. The third-order valence-electron chi connectivity index (χ3n) is 3.93. The maximum atomic E-state index is 12.2. The van der Waals surface area contributed by atoms with E-state index in [0.717, 1.165) is 0 Å². The van der Waals surface area contributed by atoms with Crippen LogP contribution >= 0.6 is 35.0 Å². The summed E-state index contributed by atoms with van der Waals surface area (Å²) in [5, 5.41) is 14.9. The molecule has 0 aliphatic heterocycles. The molecular weight excluding hydrogens is 433 g/mol. The number of thioether (sulfide) groups is 1. The third-order valence-corrected chi connectivity index (χ3v) is 5.77. The lowest BCUT2D eigenvalue weighted by Crippen LogP contribution is -2.24. The molecule has 0 radical (unpaired) electrons. The highest BCUT2D eigenvalue weighted by Gasteiger charge is 2.14. The fraction of sp³-hybridized carbons (Fsp3) is 0.158. The van der Waals surface area contributed by atoms with Gasteiger partial charge in [0, 0.05) is 12.6 Å². The summed E-state index contributed by atoms with van der Waals surface area (Å²) in [5.41, 5.74) is 1.02. The van der Waals surface area contributed by atoms with E-state index in [4.69, 9.17) is 23.2 Å². The SMILES string of the molecule is Cn1c(CNC(=O)c2ccccc2)nnc1SCC(=O)Nc1cccc(Cl)c1Cl. The fourth-order valence-corrected chi connectivity index (χ4v) is 3.47. The zero-order valence-electron chi connectivity index (χ0n) is 15.4. The first-order valence-corrected chi connectivity index (χ1v) is 10.3. The number of rotatable bonds is 7. The Balaban J connectivity index is 1.53. The highest BCUT2D eigenvalue weighted by atomic mass is 35.5. The highest BCUT2D eigenvalue weighted by Crippen LogP contribution is 2.29. The van der Waals surface area contributed by atoms with Gasteiger partial charge in [-0.1, -0.05) is 59.2 Å². The normalized spacial score (nSPS) is 10.6. The number of carbonyl (C=O) groups is 2. The minimum atomic E-state index is -0.249. The van der Waals surface area contributed by atoms with Crippen LogP contribution in [-0.4, -0.2) is 32.3 Å². The van der Waals surface area contributed by atoms with E-state index in [9.17, 15) is 9.59 Å². The smallest absolute Gasteiger partial charge is 0.251 e. The lowest BCUT2D eigenvalue weighted by atomic mass is 10.2. The summed E-state index contributed by atoms with van der Waals surface area (Å²) in [6.45, 7) is 0.224. The second kappa shape index (κ2) is 9.78. The molecule has 3 aromatic rings. The van der Waals surface area contributed by atoms with Gasteiger partial charge in [0.2, 0.25) is 5.91 Å². The number of carbonyl (C=O) groups excluding carboxylic acids is 2. The second-order valence-electron chi connectivity index (χ2n) is 5.94. The van der Waals surface area contributed by atoms with E-state index in [-0.39, 0.29) is 24.1 Å². The van der Waals surface area contributed by atoms with Crippen molar-refractivity contribution in [2.75, 3.05) is 11.1 Å². The first-order chi connectivity index (χ1) is 14.0. The Labute approximate surface area is 181 Å². The van der Waals surface area contributed by atoms with Gasteiger partial charge in [-0.05, 0) is 24.3 Å². The highest BCUT2D eigenvalue weighted by molar-refractivity contribution is 7.99. The lowest BCUT2D eigenvalue weighted by molar-refractivity contribution is -0.113. The van der Waals surface area contributed by atoms with Crippen LogP contribution in [0, 0.1) is 0 Å². The van der Waals surface area contributed by atoms with Gasteiger partial charge < -0.3 is 15.2 Å². The van der Waals surface area contributed by atoms with Crippen molar-refractivity contribution < 1.29 is 9.59 Å². The Bertz CT molecular complexity index is 1030. The number of anilines is 1. The lowest BCUT2D eigenvalue weighted by Gasteiger charge is -2.08. The molecule has 0 saturated heterocycles. The number of hydrogen-bond acceptors (Lipinski definition) is 5. The van der Waals surface area contributed by atoms with Gasteiger partial charge in [-0.2, -0.15) is 0 Å². The molecule has 0 unspecified atom stereocenters. The van der Waals surface area contributed by atoms with Gasteiger partial charge in [-0.3, -0.25) is 9.59 Å². The predicted octanol–water partition coefficient (Wildman–Crippen LogP) is 3.78. The number of aromatic nitrogens is 3. The van der Waals surface area contributed by atoms with Crippen LogP contribution in [0.2, 0.25) is 10.0 Å². The Kier molecular flexibility index (Phi) is 7.13. The van der Waals surface area contributed by atoms with Crippen molar-refractivity contribution in [2.24, 2.45) is 7.05 Å². The third kappa shape index (κ3) is 5.50. The molecular formula is C19H17Cl2N5O2S. The predicted molar refractivity (Wildman–Crippen MR) is 114 cm³/mol. The minimum Gasteiger partial charge on any atom is -0.345 e. The van der Waals surface area contributed by atoms with E-state index in [2.05, 4.69) is 20.8 Å². The van der Waals surface area contributed by atoms with Gasteiger partial charge in [0.15, 0.2) is 11.0 Å². The van der Waals surface area contributed by atoms with Crippen LogP contribution in [-0.2, 0) is 18.4 Å². The summed E-state index contributed by atoms with van der Waals surface area (Å²) >= 11 is 13.2. The van der Waals surface area contributed by atoms with Crippen molar-refractivity contribution in [1.29, 1.82) is 0 Å². The molecule has 0 fully saturated rings. The largest absolute Gasteiger partial charge is 0.345 e. The molecule has 2 N–H and O–H groups in total. The first kappa shape index (κ1) is 21.2. The summed E-state index contributed by atoms with van der Waals surface area (Å²) in [6, 6.07) is 13.9. The maximum Gasteiger partial charge on any atom is 0.251 e. The summed E-state index contributed by atoms with van der Waals surface area (Å²) in [7, 11) is 1.78. The number of nitrogens with one attached hydrogen (secondary N) is 2. The molecule has 150 valence electrons. The minimum absolute atomic E-state index is 0.116. The number of amides is 2. The summed E-state index contributed by atoms with van der Waals surface area (Å²) in [6.07, 6.45) is 0. The molecule has 0 aliphatic carbocycles. The molecule has 0 saturated carbocycles. The molecule has 1 heterocycles. The van der Waals surface area contributed by atoms with Gasteiger partial charge in [-0.25, -0.2) is 0 Å². The van der Waals surface area contributed by atoms with Crippen molar-refractivity contribution >= 4 is 52.5 Å². The van der Waals surface area contributed by atoms with Crippen LogP contribution < -0.4 is 10.6 Å². The molecule has 0 spiro atoms. The van der Waals surface area contributed by atoms with Crippen molar-refractivity contribution in [2.45, 2.75) is 11.7 Å². The molecule has 10 heteroatoms. The van der Waals surface area contributed by atoms with Crippen molar-refractivity contribution in [1.82, 2.24) is 20.1 Å². The second-order valence-corrected chi connectivity index (χ2v) is 7.67.